The molecule has 21 heavy (non-hydrogen) atoms. The lowest BCUT2D eigenvalue weighted by Gasteiger charge is -2.18. The second-order valence-corrected chi connectivity index (χ2v) is 6.98. The van der Waals surface area contributed by atoms with Crippen molar-refractivity contribution in [3.05, 3.63) is 0 Å². The van der Waals surface area contributed by atoms with Crippen LogP contribution in [-0.4, -0.2) is 22.6 Å². The Morgan fingerprint density at radius 1 is 1.10 bits per heavy atom. The van der Waals surface area contributed by atoms with Crippen LogP contribution in [0.1, 0.15) is 61.3 Å². The third-order valence-electron chi connectivity index (χ3n) is 2.04. The van der Waals surface area contributed by atoms with E-state index in [0.29, 0.717) is 0 Å². The average Bonchev–Trinajstić information content (AvgIpc) is 2.31. The molecule has 0 fully saturated rings. The van der Waals surface area contributed by atoms with Crippen LogP contribution in [-0.2, 0) is 19.6 Å². The summed E-state index contributed by atoms with van der Waals surface area (Å²) in [5.41, 5.74) is -2.03. The fraction of sp³-hybridized carbons (Fsp3) is 0.857. The summed E-state index contributed by atoms with van der Waals surface area (Å²) in [6.07, 6.45) is 0.154. The van der Waals surface area contributed by atoms with Gasteiger partial charge in [0.05, 0.1) is 23.6 Å². The molecule has 0 heterocycles. The number of rotatable bonds is 6. The Morgan fingerprint density at radius 3 is 2.10 bits per heavy atom. The molecule has 0 aromatic rings. The van der Waals surface area contributed by atoms with Gasteiger partial charge in [-0.2, -0.15) is 20.4 Å². The van der Waals surface area contributed by atoms with Gasteiger partial charge < -0.3 is 0 Å². The molecule has 0 aliphatic rings. The van der Waals surface area contributed by atoms with Gasteiger partial charge in [-0.1, -0.05) is 0 Å². The fourth-order valence-corrected chi connectivity index (χ4v) is 0.933. The van der Waals surface area contributed by atoms with Gasteiger partial charge in [-0.25, -0.2) is 4.79 Å². The van der Waals surface area contributed by atoms with E-state index >= 15 is 0 Å². The molecule has 1 unspecified atom stereocenters. The van der Waals surface area contributed by atoms with Crippen LogP contribution in [0.15, 0.2) is 10.2 Å². The maximum Gasteiger partial charge on any atom is 0.345 e. The maximum atomic E-state index is 11.5. The van der Waals surface area contributed by atoms with E-state index in [1.165, 1.54) is 0 Å². The highest BCUT2D eigenvalue weighted by atomic mass is 17.5. The van der Waals surface area contributed by atoms with Crippen LogP contribution in [0.2, 0.25) is 0 Å². The van der Waals surface area contributed by atoms with E-state index in [9.17, 15) is 4.79 Å². The Morgan fingerprint density at radius 2 is 1.67 bits per heavy atom. The van der Waals surface area contributed by atoms with Gasteiger partial charge in [-0.15, -0.1) is 0 Å². The van der Waals surface area contributed by atoms with Gasteiger partial charge in [0.15, 0.2) is 5.54 Å². The molecule has 0 rings (SSSR count). The van der Waals surface area contributed by atoms with Gasteiger partial charge in [0.25, 0.3) is 0 Å². The number of azo groups is 1. The average molecular weight is 299 g/mol. The van der Waals surface area contributed by atoms with Gasteiger partial charge in [-0.3, -0.25) is 4.89 Å². The second kappa shape index (κ2) is 7.48. The van der Waals surface area contributed by atoms with Crippen molar-refractivity contribution in [1.29, 1.82) is 5.26 Å². The molecule has 120 valence electrons. The predicted molar refractivity (Wildman–Crippen MR) is 75.9 cm³/mol. The van der Waals surface area contributed by atoms with Crippen molar-refractivity contribution < 1.29 is 19.6 Å². The van der Waals surface area contributed by atoms with Gasteiger partial charge in [0.2, 0.25) is 0 Å². The summed E-state index contributed by atoms with van der Waals surface area (Å²) in [7, 11) is 0. The lowest BCUT2D eigenvalue weighted by Crippen LogP contribution is -2.24. The molecule has 0 saturated heterocycles. The first-order valence-corrected chi connectivity index (χ1v) is 6.77. The zero-order chi connectivity index (χ0) is 16.7. The maximum absolute atomic E-state index is 11.5. The van der Waals surface area contributed by atoms with Crippen LogP contribution in [0.3, 0.4) is 0 Å². The highest BCUT2D eigenvalue weighted by Gasteiger charge is 2.26. The fourth-order valence-electron chi connectivity index (χ4n) is 0.933. The molecule has 0 spiro atoms. The van der Waals surface area contributed by atoms with Crippen LogP contribution in [0.5, 0.6) is 0 Å². The number of carbonyl (C=O) groups is 1. The van der Waals surface area contributed by atoms with Crippen LogP contribution in [0, 0.1) is 11.3 Å². The van der Waals surface area contributed by atoms with E-state index in [4.69, 9.17) is 10.1 Å². The second-order valence-electron chi connectivity index (χ2n) is 6.98. The molecule has 0 radical (unpaired) electrons. The first-order chi connectivity index (χ1) is 9.37. The zero-order valence-corrected chi connectivity index (χ0v) is 13.9. The van der Waals surface area contributed by atoms with E-state index in [1.54, 1.807) is 27.7 Å². The summed E-state index contributed by atoms with van der Waals surface area (Å²) in [5.74, 6) is -0.633. The smallest absolute Gasteiger partial charge is 0.269 e. The quantitative estimate of drug-likeness (QED) is 0.425. The molecule has 0 amide bonds. The first kappa shape index (κ1) is 19.5. The Balaban J connectivity index is 4.31. The van der Waals surface area contributed by atoms with E-state index < -0.39 is 17.1 Å². The summed E-state index contributed by atoms with van der Waals surface area (Å²) in [5, 5.41) is 21.6. The molecule has 0 saturated carbocycles. The van der Waals surface area contributed by atoms with Crippen molar-refractivity contribution in [3.63, 3.8) is 0 Å². The molecule has 0 aliphatic heterocycles. The van der Waals surface area contributed by atoms with Gasteiger partial charge in [0, 0.05) is 0 Å². The summed E-state index contributed by atoms with van der Waals surface area (Å²) >= 11 is 0. The third-order valence-corrected chi connectivity index (χ3v) is 2.04. The van der Waals surface area contributed by atoms with Gasteiger partial charge in [-0.05, 0) is 59.9 Å². The monoisotopic (exact) mass is 299 g/mol. The van der Waals surface area contributed by atoms with Crippen LogP contribution in [0.4, 0.5) is 0 Å². The molecule has 0 aliphatic carbocycles. The molecule has 0 bridgehead atoms. The van der Waals surface area contributed by atoms with E-state index in [0.717, 1.165) is 0 Å². The number of carbonyl (C=O) groups excluding carboxylic acids is 1. The molecule has 1 atom stereocenters. The molecule has 0 aromatic carbocycles. The molecule has 7 heteroatoms. The van der Waals surface area contributed by atoms with E-state index in [-0.39, 0.29) is 18.4 Å². The van der Waals surface area contributed by atoms with Crippen molar-refractivity contribution in [2.75, 3.05) is 0 Å². The Kier molecular flexibility index (Phi) is 6.94. The lowest BCUT2D eigenvalue weighted by atomic mass is 9.99. The summed E-state index contributed by atoms with van der Waals surface area (Å²) in [4.78, 5) is 20.7. The number of nitrogens with zero attached hydrogens (tertiary/aromatic N) is 3. The molecular formula is C14H25N3O4. The number of hydrogen-bond acceptors (Lipinski definition) is 7. The lowest BCUT2D eigenvalue weighted by molar-refractivity contribution is -0.514. The largest absolute Gasteiger partial charge is 0.345 e. The predicted octanol–water partition coefficient (Wildman–Crippen LogP) is 3.50. The topological polar surface area (TPSA) is 93.3 Å². The molecule has 0 aromatic heterocycles. The standard InChI is InChI=1S/C14H25N3O4/c1-12(2,3)16-17-14(7,10-15)9-8-11(18)19-21-20-13(4,5)6/h8-9H2,1-7H3. The van der Waals surface area contributed by atoms with Crippen LogP contribution >= 0.6 is 0 Å². The normalized spacial score (nSPS) is 15.5. The minimum atomic E-state index is -1.07. The summed E-state index contributed by atoms with van der Waals surface area (Å²) in [6, 6.07) is 2.05. The highest BCUT2D eigenvalue weighted by molar-refractivity contribution is 5.68. The molecular weight excluding hydrogens is 274 g/mol. The van der Waals surface area contributed by atoms with Gasteiger partial charge >= 0.3 is 5.97 Å². The number of hydrogen-bond donors (Lipinski definition) is 0. The Labute approximate surface area is 126 Å². The minimum Gasteiger partial charge on any atom is -0.269 e. The third kappa shape index (κ3) is 10.9. The minimum absolute atomic E-state index is 0.0271. The van der Waals surface area contributed by atoms with Crippen LogP contribution in [0.25, 0.3) is 0 Å². The van der Waals surface area contributed by atoms with Crippen LogP contribution < -0.4 is 0 Å². The molecule has 0 N–H and O–H groups in total. The van der Waals surface area contributed by atoms with Crippen molar-refractivity contribution in [1.82, 2.24) is 0 Å². The van der Waals surface area contributed by atoms with Crippen molar-refractivity contribution >= 4 is 5.97 Å². The number of nitriles is 1. The van der Waals surface area contributed by atoms with Crippen molar-refractivity contribution in [3.8, 4) is 6.07 Å². The highest BCUT2D eigenvalue weighted by Crippen LogP contribution is 2.20. The van der Waals surface area contributed by atoms with Crippen molar-refractivity contribution in [2.45, 2.75) is 78.0 Å². The van der Waals surface area contributed by atoms with Gasteiger partial charge in [0.1, 0.15) is 0 Å². The van der Waals surface area contributed by atoms with Crippen molar-refractivity contribution in [2.24, 2.45) is 10.2 Å². The zero-order valence-electron chi connectivity index (χ0n) is 13.9. The molecule has 7 nitrogen and oxygen atoms in total. The summed E-state index contributed by atoms with van der Waals surface area (Å²) in [6.45, 7) is 12.5. The Bertz CT molecular complexity index is 415. The summed E-state index contributed by atoms with van der Waals surface area (Å²) < 4.78 is 0. The van der Waals surface area contributed by atoms with E-state index in [2.05, 4.69) is 20.2 Å². The first-order valence-electron chi connectivity index (χ1n) is 6.77. The SMILES string of the molecule is CC(C)(C)N=NC(C)(C#N)CCC(=O)OOOC(C)(C)C. The Hall–Kier alpha value is -1.52. The van der Waals surface area contributed by atoms with E-state index in [1.807, 2.05) is 26.8 Å².